The molecule has 0 atom stereocenters. The number of carbonyl (C=O) groups excluding carboxylic acids is 1. The largest absolute Gasteiger partial charge is 0.545 e. The summed E-state index contributed by atoms with van der Waals surface area (Å²) in [5.41, 5.74) is 4.15. The van der Waals surface area contributed by atoms with Crippen LogP contribution in [0.25, 0.3) is 10.9 Å². The molecule has 5 nitrogen and oxygen atoms in total. The lowest BCUT2D eigenvalue weighted by molar-refractivity contribution is -0.255. The van der Waals surface area contributed by atoms with Gasteiger partial charge in [0.25, 0.3) is 0 Å². The highest BCUT2D eigenvalue weighted by molar-refractivity contribution is 5.96. The molecule has 2 aromatic carbocycles. The maximum Gasteiger partial charge on any atom is 0.200 e. The molecule has 0 saturated carbocycles. The fourth-order valence-electron chi connectivity index (χ4n) is 2.74. The summed E-state index contributed by atoms with van der Waals surface area (Å²) in [7, 11) is 0. The van der Waals surface area contributed by atoms with Gasteiger partial charge in [0.1, 0.15) is 0 Å². The number of halogens is 2. The lowest BCUT2D eigenvalue weighted by atomic mass is 10.1. The van der Waals surface area contributed by atoms with E-state index in [2.05, 4.69) is 0 Å². The monoisotopic (exact) mass is 343 g/mol. The number of carboxylic acid groups (broad SMARTS) is 1. The molecule has 0 saturated heterocycles. The topological polar surface area (TPSA) is 88.2 Å². The highest BCUT2D eigenvalue weighted by atomic mass is 19.2. The van der Waals surface area contributed by atoms with Crippen molar-refractivity contribution in [3.05, 3.63) is 75.6 Å². The first-order chi connectivity index (χ1) is 11.9. The van der Waals surface area contributed by atoms with E-state index >= 15 is 0 Å². The van der Waals surface area contributed by atoms with Crippen LogP contribution in [0.15, 0.2) is 47.4 Å². The number of fused-ring (bicyclic) bond motifs is 1. The molecule has 0 fully saturated rings. The first-order valence-electron chi connectivity index (χ1n) is 7.46. The van der Waals surface area contributed by atoms with Gasteiger partial charge in [0.2, 0.25) is 5.43 Å². The Morgan fingerprint density at radius 1 is 1.20 bits per heavy atom. The van der Waals surface area contributed by atoms with Crippen LogP contribution in [0.2, 0.25) is 0 Å². The summed E-state index contributed by atoms with van der Waals surface area (Å²) in [5, 5.41) is 10.9. The zero-order valence-corrected chi connectivity index (χ0v) is 13.0. The number of aromatic carboxylic acids is 1. The van der Waals surface area contributed by atoms with E-state index in [1.807, 2.05) is 30.3 Å². The number of rotatable bonds is 4. The number of carboxylic acids is 1. The van der Waals surface area contributed by atoms with Crippen LogP contribution in [0, 0.1) is 11.6 Å². The van der Waals surface area contributed by atoms with E-state index in [9.17, 15) is 23.5 Å². The maximum atomic E-state index is 13.7. The first kappa shape index (κ1) is 16.6. The molecule has 7 heteroatoms. The van der Waals surface area contributed by atoms with Gasteiger partial charge in [-0.2, -0.15) is 0 Å². The number of benzene rings is 2. The second-order valence-corrected chi connectivity index (χ2v) is 5.57. The Balaban J connectivity index is 2.21. The third kappa shape index (κ3) is 2.96. The third-order valence-corrected chi connectivity index (χ3v) is 4.01. The van der Waals surface area contributed by atoms with Gasteiger partial charge in [0, 0.05) is 18.8 Å². The van der Waals surface area contributed by atoms with Crippen molar-refractivity contribution in [1.82, 2.24) is 4.57 Å². The molecule has 3 rings (SSSR count). The number of nitrogens with zero attached hydrogens (tertiary/aromatic N) is 1. The number of pyridine rings is 1. The Hall–Kier alpha value is -3.22. The standard InChI is InChI=1S/C18H14F2N2O3/c19-12-8-13-14(16(21)15(12)20)17(23)11(18(24)25)9-22(13)7-6-10-4-2-1-3-5-10/h1-5,8-9H,6-7,21H2,(H,24,25)/p-1. The number of aromatic nitrogens is 1. The maximum absolute atomic E-state index is 13.7. The highest BCUT2D eigenvalue weighted by Crippen LogP contribution is 2.25. The zero-order chi connectivity index (χ0) is 18.1. The minimum Gasteiger partial charge on any atom is -0.545 e. The summed E-state index contributed by atoms with van der Waals surface area (Å²) in [6.07, 6.45) is 1.56. The quantitative estimate of drug-likeness (QED) is 0.727. The van der Waals surface area contributed by atoms with Gasteiger partial charge in [-0.25, -0.2) is 8.78 Å². The Labute approximate surface area is 140 Å². The fourth-order valence-corrected chi connectivity index (χ4v) is 2.74. The van der Waals surface area contributed by atoms with Gasteiger partial charge in [-0.3, -0.25) is 4.79 Å². The number of nitrogens with two attached hydrogens (primary N) is 1. The van der Waals surface area contributed by atoms with Crippen molar-refractivity contribution in [2.75, 3.05) is 5.73 Å². The number of hydrogen-bond donors (Lipinski definition) is 1. The van der Waals surface area contributed by atoms with E-state index in [1.165, 1.54) is 4.57 Å². The molecule has 0 aliphatic rings. The van der Waals surface area contributed by atoms with Crippen LogP contribution >= 0.6 is 0 Å². The molecule has 0 unspecified atom stereocenters. The minimum absolute atomic E-state index is 0.0299. The van der Waals surface area contributed by atoms with E-state index in [4.69, 9.17) is 5.73 Å². The molecule has 0 radical (unpaired) electrons. The molecule has 0 amide bonds. The number of aryl methyl sites for hydroxylation is 2. The average molecular weight is 343 g/mol. The Morgan fingerprint density at radius 2 is 1.88 bits per heavy atom. The number of nitrogen functional groups attached to an aromatic ring is 1. The predicted octanol–water partition coefficient (Wildman–Crippen LogP) is 1.47. The zero-order valence-electron chi connectivity index (χ0n) is 13.0. The van der Waals surface area contributed by atoms with E-state index in [0.717, 1.165) is 17.8 Å². The Morgan fingerprint density at radius 3 is 2.52 bits per heavy atom. The van der Waals surface area contributed by atoms with Crippen LogP contribution in [-0.4, -0.2) is 10.5 Å². The van der Waals surface area contributed by atoms with Crippen LogP contribution in [-0.2, 0) is 13.0 Å². The van der Waals surface area contributed by atoms with Gasteiger partial charge < -0.3 is 20.2 Å². The van der Waals surface area contributed by atoms with Crippen molar-refractivity contribution in [3.63, 3.8) is 0 Å². The minimum atomic E-state index is -1.70. The second kappa shape index (κ2) is 6.35. The van der Waals surface area contributed by atoms with Crippen LogP contribution in [0.4, 0.5) is 14.5 Å². The van der Waals surface area contributed by atoms with Crippen molar-refractivity contribution in [1.29, 1.82) is 0 Å². The number of hydrogen-bond acceptors (Lipinski definition) is 4. The second-order valence-electron chi connectivity index (χ2n) is 5.57. The van der Waals surface area contributed by atoms with Crippen molar-refractivity contribution in [3.8, 4) is 0 Å². The van der Waals surface area contributed by atoms with E-state index in [-0.39, 0.29) is 17.4 Å². The summed E-state index contributed by atoms with van der Waals surface area (Å²) in [5.74, 6) is -4.29. The smallest absolute Gasteiger partial charge is 0.200 e. The molecule has 25 heavy (non-hydrogen) atoms. The van der Waals surface area contributed by atoms with Gasteiger partial charge in [0.05, 0.1) is 28.1 Å². The van der Waals surface area contributed by atoms with Crippen LogP contribution < -0.4 is 16.3 Å². The van der Waals surface area contributed by atoms with Gasteiger partial charge in [0.15, 0.2) is 11.6 Å². The normalized spacial score (nSPS) is 11.0. The third-order valence-electron chi connectivity index (χ3n) is 4.01. The Kier molecular flexibility index (Phi) is 4.22. The molecule has 2 N–H and O–H groups in total. The van der Waals surface area contributed by atoms with Gasteiger partial charge in [-0.15, -0.1) is 0 Å². The van der Waals surface area contributed by atoms with Crippen molar-refractivity contribution in [2.45, 2.75) is 13.0 Å². The summed E-state index contributed by atoms with van der Waals surface area (Å²) in [4.78, 5) is 23.5. The van der Waals surface area contributed by atoms with Crippen LogP contribution in [0.3, 0.4) is 0 Å². The van der Waals surface area contributed by atoms with E-state index in [1.54, 1.807) is 0 Å². The first-order valence-corrected chi connectivity index (χ1v) is 7.46. The predicted molar refractivity (Wildman–Crippen MR) is 87.0 cm³/mol. The average Bonchev–Trinajstić information content (AvgIpc) is 2.59. The van der Waals surface area contributed by atoms with Crippen molar-refractivity contribution >= 4 is 22.6 Å². The summed E-state index contributed by atoms with van der Waals surface area (Å²) in [6.45, 7) is 0.242. The fraction of sp³-hybridized carbons (Fsp3) is 0.111. The van der Waals surface area contributed by atoms with Gasteiger partial charge in [-0.1, -0.05) is 30.3 Å². The summed E-state index contributed by atoms with van der Waals surface area (Å²) >= 11 is 0. The van der Waals surface area contributed by atoms with Crippen LogP contribution in [0.1, 0.15) is 15.9 Å². The van der Waals surface area contributed by atoms with Crippen molar-refractivity contribution in [2.24, 2.45) is 0 Å². The SMILES string of the molecule is Nc1c(F)c(F)cc2c1c(=O)c(C(=O)[O-])cn2CCc1ccccc1. The Bertz CT molecular complexity index is 1030. The molecule has 0 bridgehead atoms. The molecule has 0 spiro atoms. The van der Waals surface area contributed by atoms with E-state index < -0.39 is 34.3 Å². The summed E-state index contributed by atoms with van der Waals surface area (Å²) < 4.78 is 28.9. The molecule has 3 aromatic rings. The molecule has 1 aromatic heterocycles. The molecule has 0 aliphatic heterocycles. The van der Waals surface area contributed by atoms with E-state index in [0.29, 0.717) is 6.42 Å². The summed E-state index contributed by atoms with van der Waals surface area (Å²) in [6, 6.07) is 10.1. The number of carbonyl (C=O) groups is 1. The van der Waals surface area contributed by atoms with Crippen LogP contribution in [0.5, 0.6) is 0 Å². The number of anilines is 1. The van der Waals surface area contributed by atoms with Gasteiger partial charge >= 0.3 is 0 Å². The highest BCUT2D eigenvalue weighted by Gasteiger charge is 2.18. The van der Waals surface area contributed by atoms with Gasteiger partial charge in [-0.05, 0) is 12.0 Å². The molecule has 128 valence electrons. The molecular formula is C18H13F2N2O3-. The lowest BCUT2D eigenvalue weighted by Gasteiger charge is -2.16. The molecule has 1 heterocycles. The van der Waals surface area contributed by atoms with Crippen molar-refractivity contribution < 1.29 is 18.7 Å². The molecular weight excluding hydrogens is 330 g/mol. The molecule has 0 aliphatic carbocycles. The lowest BCUT2D eigenvalue weighted by Crippen LogP contribution is -2.30.